The van der Waals surface area contributed by atoms with Crippen LogP contribution in [0.4, 0.5) is 5.69 Å². The van der Waals surface area contributed by atoms with Crippen molar-refractivity contribution in [3.8, 4) is 5.75 Å². The second-order valence-electron chi connectivity index (χ2n) is 2.83. The zero-order valence-corrected chi connectivity index (χ0v) is 9.47. The lowest BCUT2D eigenvalue weighted by Crippen LogP contribution is -2.05. The van der Waals surface area contributed by atoms with Crippen LogP contribution >= 0.6 is 12.4 Å². The number of methoxy groups -OCH3 is 2. The highest BCUT2D eigenvalue weighted by Crippen LogP contribution is 2.22. The van der Waals surface area contributed by atoms with Gasteiger partial charge in [-0.3, -0.25) is 4.79 Å². The summed E-state index contributed by atoms with van der Waals surface area (Å²) in [6.45, 7) is 0. The fourth-order valence-corrected chi connectivity index (χ4v) is 1.13. The van der Waals surface area contributed by atoms with Gasteiger partial charge in [-0.25, -0.2) is 0 Å². The van der Waals surface area contributed by atoms with E-state index in [4.69, 9.17) is 10.5 Å². The van der Waals surface area contributed by atoms with Gasteiger partial charge < -0.3 is 15.2 Å². The third-order valence-electron chi connectivity index (χ3n) is 1.87. The maximum Gasteiger partial charge on any atom is 0.309 e. The molecule has 0 saturated heterocycles. The molecule has 0 aliphatic heterocycles. The van der Waals surface area contributed by atoms with Crippen LogP contribution in [0.2, 0.25) is 0 Å². The van der Waals surface area contributed by atoms with Gasteiger partial charge in [-0.05, 0) is 17.7 Å². The van der Waals surface area contributed by atoms with Crippen molar-refractivity contribution in [3.63, 3.8) is 0 Å². The third kappa shape index (κ3) is 3.67. The number of rotatable bonds is 3. The van der Waals surface area contributed by atoms with E-state index in [2.05, 4.69) is 4.74 Å². The molecule has 0 amide bonds. The van der Waals surface area contributed by atoms with Gasteiger partial charge in [0.05, 0.1) is 26.3 Å². The number of nitrogens with two attached hydrogens (primary N) is 1. The highest BCUT2D eigenvalue weighted by atomic mass is 35.5. The SMILES string of the molecule is COC(=O)Cc1ccc(OC)c(N)c1.Cl. The summed E-state index contributed by atoms with van der Waals surface area (Å²) in [6, 6.07) is 5.22. The summed E-state index contributed by atoms with van der Waals surface area (Å²) in [5.74, 6) is 0.327. The fourth-order valence-electron chi connectivity index (χ4n) is 1.13. The van der Waals surface area contributed by atoms with E-state index in [1.165, 1.54) is 7.11 Å². The number of ether oxygens (including phenoxy) is 2. The van der Waals surface area contributed by atoms with Gasteiger partial charge in [0, 0.05) is 0 Å². The van der Waals surface area contributed by atoms with Gasteiger partial charge in [-0.1, -0.05) is 6.07 Å². The van der Waals surface area contributed by atoms with Crippen molar-refractivity contribution in [3.05, 3.63) is 23.8 Å². The molecule has 0 atom stereocenters. The smallest absolute Gasteiger partial charge is 0.309 e. The molecule has 5 heteroatoms. The molecule has 4 nitrogen and oxygen atoms in total. The van der Waals surface area contributed by atoms with Gasteiger partial charge >= 0.3 is 5.97 Å². The summed E-state index contributed by atoms with van der Waals surface area (Å²) < 4.78 is 9.53. The van der Waals surface area contributed by atoms with Crippen LogP contribution in [-0.4, -0.2) is 20.2 Å². The summed E-state index contributed by atoms with van der Waals surface area (Å²) in [4.78, 5) is 11.0. The molecule has 0 spiro atoms. The number of hydrogen-bond acceptors (Lipinski definition) is 4. The Morgan fingerprint density at radius 3 is 2.53 bits per heavy atom. The van der Waals surface area contributed by atoms with E-state index in [0.29, 0.717) is 11.4 Å². The average Bonchev–Trinajstić information content (AvgIpc) is 2.18. The first-order valence-corrected chi connectivity index (χ1v) is 4.16. The standard InChI is InChI=1S/C10H13NO3.ClH/c1-13-9-4-3-7(5-8(9)11)6-10(12)14-2;/h3-5H,6,11H2,1-2H3;1H. The Morgan fingerprint density at radius 1 is 1.40 bits per heavy atom. The maximum absolute atomic E-state index is 11.0. The Labute approximate surface area is 94.8 Å². The summed E-state index contributed by atoms with van der Waals surface area (Å²) >= 11 is 0. The normalized spacial score (nSPS) is 8.93. The summed E-state index contributed by atoms with van der Waals surface area (Å²) in [5, 5.41) is 0. The Bertz CT molecular complexity index is 341. The molecule has 0 bridgehead atoms. The molecule has 1 aromatic rings. The first-order valence-electron chi connectivity index (χ1n) is 4.16. The molecular weight excluding hydrogens is 218 g/mol. The molecule has 0 fully saturated rings. The highest BCUT2D eigenvalue weighted by molar-refractivity contribution is 5.85. The number of carbonyl (C=O) groups excluding carboxylic acids is 1. The lowest BCUT2D eigenvalue weighted by Gasteiger charge is -2.06. The molecule has 0 unspecified atom stereocenters. The zero-order chi connectivity index (χ0) is 10.6. The van der Waals surface area contributed by atoms with Crippen LogP contribution in [0.1, 0.15) is 5.56 Å². The van der Waals surface area contributed by atoms with Crippen LogP contribution in [0.15, 0.2) is 18.2 Å². The van der Waals surface area contributed by atoms with Gasteiger partial charge in [0.2, 0.25) is 0 Å². The predicted molar refractivity (Wildman–Crippen MR) is 60.4 cm³/mol. The molecular formula is C10H14ClNO3. The summed E-state index contributed by atoms with van der Waals surface area (Å²) in [6.07, 6.45) is 0.227. The molecule has 1 aromatic carbocycles. The Morgan fingerprint density at radius 2 is 2.07 bits per heavy atom. The Kier molecular flexibility index (Phi) is 5.56. The molecule has 0 radical (unpaired) electrons. The van der Waals surface area contributed by atoms with Crippen molar-refractivity contribution in [2.75, 3.05) is 20.0 Å². The van der Waals surface area contributed by atoms with Gasteiger partial charge in [-0.2, -0.15) is 0 Å². The molecule has 84 valence electrons. The highest BCUT2D eigenvalue weighted by Gasteiger charge is 2.05. The third-order valence-corrected chi connectivity index (χ3v) is 1.87. The van der Waals surface area contributed by atoms with E-state index in [9.17, 15) is 4.79 Å². The predicted octanol–water partition coefficient (Wildman–Crippen LogP) is 1.41. The van der Waals surface area contributed by atoms with Crippen molar-refractivity contribution >= 4 is 24.1 Å². The molecule has 1 rings (SSSR count). The molecule has 0 saturated carbocycles. The topological polar surface area (TPSA) is 61.5 Å². The van der Waals surface area contributed by atoms with E-state index in [1.807, 2.05) is 0 Å². The van der Waals surface area contributed by atoms with Crippen molar-refractivity contribution < 1.29 is 14.3 Å². The molecule has 0 aliphatic rings. The average molecular weight is 232 g/mol. The van der Waals surface area contributed by atoms with Gasteiger partial charge in [0.25, 0.3) is 0 Å². The van der Waals surface area contributed by atoms with Gasteiger partial charge in [-0.15, -0.1) is 12.4 Å². The molecule has 2 N–H and O–H groups in total. The molecule has 15 heavy (non-hydrogen) atoms. The second-order valence-corrected chi connectivity index (χ2v) is 2.83. The second kappa shape index (κ2) is 6.14. The van der Waals surface area contributed by atoms with Gasteiger partial charge in [0.15, 0.2) is 0 Å². The fraction of sp³-hybridized carbons (Fsp3) is 0.300. The van der Waals surface area contributed by atoms with Crippen LogP contribution < -0.4 is 10.5 Å². The lowest BCUT2D eigenvalue weighted by atomic mass is 10.1. The van der Waals surface area contributed by atoms with Crippen molar-refractivity contribution in [2.45, 2.75) is 6.42 Å². The quantitative estimate of drug-likeness (QED) is 0.631. The number of hydrogen-bond donors (Lipinski definition) is 1. The lowest BCUT2D eigenvalue weighted by molar-refractivity contribution is -0.139. The maximum atomic E-state index is 11.0. The van der Waals surface area contributed by atoms with E-state index in [0.717, 1.165) is 5.56 Å². The van der Waals surface area contributed by atoms with E-state index in [1.54, 1.807) is 25.3 Å². The van der Waals surface area contributed by atoms with Crippen molar-refractivity contribution in [1.29, 1.82) is 0 Å². The van der Waals surface area contributed by atoms with Crippen LogP contribution in [-0.2, 0) is 16.0 Å². The number of anilines is 1. The van der Waals surface area contributed by atoms with Gasteiger partial charge in [0.1, 0.15) is 5.75 Å². The first-order chi connectivity index (χ1) is 6.67. The minimum Gasteiger partial charge on any atom is -0.495 e. The number of esters is 1. The van der Waals surface area contributed by atoms with E-state index in [-0.39, 0.29) is 24.8 Å². The van der Waals surface area contributed by atoms with E-state index < -0.39 is 0 Å². The summed E-state index contributed by atoms with van der Waals surface area (Å²) in [5.41, 5.74) is 7.01. The van der Waals surface area contributed by atoms with Crippen molar-refractivity contribution in [2.24, 2.45) is 0 Å². The molecule has 0 aliphatic carbocycles. The first kappa shape index (κ1) is 13.6. The molecule has 0 heterocycles. The largest absolute Gasteiger partial charge is 0.495 e. The number of halogens is 1. The minimum absolute atomic E-state index is 0. The Hall–Kier alpha value is -1.42. The molecule has 0 aromatic heterocycles. The van der Waals surface area contributed by atoms with E-state index >= 15 is 0 Å². The van der Waals surface area contributed by atoms with Crippen LogP contribution in [0.25, 0.3) is 0 Å². The van der Waals surface area contributed by atoms with Crippen molar-refractivity contribution in [1.82, 2.24) is 0 Å². The minimum atomic E-state index is -0.283. The van der Waals surface area contributed by atoms with Crippen LogP contribution in [0.5, 0.6) is 5.75 Å². The Balaban J connectivity index is 0.00000196. The number of benzene rings is 1. The zero-order valence-electron chi connectivity index (χ0n) is 8.65. The monoisotopic (exact) mass is 231 g/mol. The summed E-state index contributed by atoms with van der Waals surface area (Å²) in [7, 11) is 2.90. The number of carbonyl (C=O) groups is 1. The van der Waals surface area contributed by atoms with Crippen LogP contribution in [0, 0.1) is 0 Å². The van der Waals surface area contributed by atoms with Crippen LogP contribution in [0.3, 0.4) is 0 Å². The number of nitrogen functional groups attached to an aromatic ring is 1.